The van der Waals surface area contributed by atoms with Crippen molar-refractivity contribution < 1.29 is 8.33 Å². The Balaban J connectivity index is -0.000000000833. The molecule has 0 amide bonds. The molecular formula is H4AlCaNO. The summed E-state index contributed by atoms with van der Waals surface area (Å²) in [6.07, 6.45) is 0. The maximum atomic E-state index is 6.92. The minimum atomic E-state index is 0. The van der Waals surface area contributed by atoms with Crippen LogP contribution in [0.4, 0.5) is 0 Å². The van der Waals surface area contributed by atoms with Gasteiger partial charge in [-0.15, -0.1) is 0 Å². The van der Waals surface area contributed by atoms with Gasteiger partial charge in [-0.2, -0.15) is 0 Å². The zero-order valence-electron chi connectivity index (χ0n) is 4.23. The van der Waals surface area contributed by atoms with E-state index in [9.17, 15) is 0 Å². The quantitative estimate of drug-likeness (QED) is 0.348. The van der Waals surface area contributed by atoms with Gasteiger partial charge < -0.3 is 8.33 Å². The second kappa shape index (κ2) is 25.0. The SMILES string of the molecule is O.[Ca+2].[H-].[H-].[N]#[Al]. The van der Waals surface area contributed by atoms with E-state index in [0.29, 0.717) is 0 Å². The fourth-order valence-corrected chi connectivity index (χ4v) is 0. The Labute approximate surface area is 65.5 Å². The van der Waals surface area contributed by atoms with Gasteiger partial charge in [0.25, 0.3) is 0 Å². The Morgan fingerprint density at radius 1 is 1.50 bits per heavy atom. The topological polar surface area (TPSA) is 55.3 Å². The van der Waals surface area contributed by atoms with E-state index >= 15 is 0 Å². The zero-order chi connectivity index (χ0) is 2.00. The average molecular weight is 101 g/mol. The van der Waals surface area contributed by atoms with Crippen molar-refractivity contribution in [3.8, 4) is 0 Å². The van der Waals surface area contributed by atoms with Crippen molar-refractivity contribution in [2.24, 2.45) is 0 Å². The van der Waals surface area contributed by atoms with E-state index in [2.05, 4.69) is 0 Å². The number of rotatable bonds is 0. The third-order valence-corrected chi connectivity index (χ3v) is 0. The molecule has 0 aliphatic carbocycles. The summed E-state index contributed by atoms with van der Waals surface area (Å²) in [4.78, 5) is 0. The van der Waals surface area contributed by atoms with E-state index in [1.807, 2.05) is 0 Å². The Morgan fingerprint density at radius 3 is 1.50 bits per heavy atom. The van der Waals surface area contributed by atoms with Crippen molar-refractivity contribution in [1.82, 2.24) is 0 Å². The van der Waals surface area contributed by atoms with E-state index in [1.165, 1.54) is 15.9 Å². The molecule has 0 unspecified atom stereocenters. The molecule has 4 heavy (non-hydrogen) atoms. The average Bonchev–Trinajstić information content (AvgIpc) is 1.00. The third kappa shape index (κ3) is 9.82. The summed E-state index contributed by atoms with van der Waals surface area (Å²) < 4.78 is 6.92. The van der Waals surface area contributed by atoms with Gasteiger partial charge in [0.2, 0.25) is 0 Å². The van der Waals surface area contributed by atoms with Crippen LogP contribution in [-0.2, 0) is 0 Å². The first-order valence-electron chi connectivity index (χ1n) is 0.258. The van der Waals surface area contributed by atoms with Crippen molar-refractivity contribution >= 4 is 53.7 Å². The fraction of sp³-hybridized carbons (Fsp3) is 0. The fourth-order valence-electron chi connectivity index (χ4n) is 0. The van der Waals surface area contributed by atoms with Crippen LogP contribution in [0.25, 0.3) is 0 Å². The van der Waals surface area contributed by atoms with Crippen molar-refractivity contribution in [3.63, 3.8) is 0 Å². The van der Waals surface area contributed by atoms with Crippen LogP contribution in [0, 0.1) is 4.17 Å². The van der Waals surface area contributed by atoms with Gasteiger partial charge in [0.05, 0.1) is 0 Å². The van der Waals surface area contributed by atoms with Gasteiger partial charge in [0, 0.05) is 0 Å². The molecule has 0 rings (SSSR count). The first-order valence-corrected chi connectivity index (χ1v) is 0.775. The van der Waals surface area contributed by atoms with Gasteiger partial charge in [0.15, 0.2) is 0 Å². The summed E-state index contributed by atoms with van der Waals surface area (Å²) in [6.45, 7) is 0. The van der Waals surface area contributed by atoms with Crippen molar-refractivity contribution in [2.75, 3.05) is 0 Å². The summed E-state index contributed by atoms with van der Waals surface area (Å²) in [6, 6.07) is 0. The first kappa shape index (κ1) is 17.9. The summed E-state index contributed by atoms with van der Waals surface area (Å²) in [5.41, 5.74) is 0. The molecule has 0 radical (unpaired) electrons. The number of hydrogen-bond donors (Lipinski definition) is 0. The normalized spacial score (nSPS) is 1.25. The van der Waals surface area contributed by atoms with Crippen molar-refractivity contribution in [1.29, 1.82) is 4.17 Å². The molecule has 2 nitrogen and oxygen atoms in total. The molecular weight excluding hydrogens is 97.1 g/mol. The van der Waals surface area contributed by atoms with Gasteiger partial charge in [-0.25, -0.2) is 0 Å². The molecule has 0 bridgehead atoms. The second-order valence-electron chi connectivity index (χ2n) is 0. The molecule has 0 atom stereocenters. The minimum absolute atomic E-state index is 0. The van der Waals surface area contributed by atoms with Gasteiger partial charge in [-0.3, -0.25) is 0 Å². The molecule has 0 aliphatic rings. The van der Waals surface area contributed by atoms with E-state index in [4.69, 9.17) is 4.17 Å². The summed E-state index contributed by atoms with van der Waals surface area (Å²) in [7, 11) is 0. The number of hydrogen-bond acceptors (Lipinski definition) is 1. The molecule has 20 valence electrons. The zero-order valence-corrected chi connectivity index (χ0v) is 5.59. The van der Waals surface area contributed by atoms with Crippen molar-refractivity contribution in [2.45, 2.75) is 0 Å². The van der Waals surface area contributed by atoms with Crippen LogP contribution in [0.5, 0.6) is 0 Å². The number of nitrogens with zero attached hydrogens (tertiary/aromatic N) is 1. The molecule has 0 aliphatic heterocycles. The van der Waals surface area contributed by atoms with Crippen molar-refractivity contribution in [3.05, 3.63) is 0 Å². The Bertz CT molecular complexity index is 18.3. The monoisotopic (exact) mass is 101 g/mol. The Morgan fingerprint density at radius 2 is 1.50 bits per heavy atom. The van der Waals surface area contributed by atoms with E-state index in [0.717, 1.165) is 0 Å². The molecule has 0 saturated heterocycles. The molecule has 0 spiro atoms. The summed E-state index contributed by atoms with van der Waals surface area (Å²) >= 11 is 1.42. The molecule has 0 aromatic rings. The molecule has 2 N–H and O–H groups in total. The van der Waals surface area contributed by atoms with Gasteiger partial charge in [-0.1, -0.05) is 0 Å². The molecule has 0 fully saturated rings. The predicted molar refractivity (Wildman–Crippen MR) is 19.1 cm³/mol. The maximum absolute atomic E-state index is 6.92. The standard InChI is InChI=1S/Al.Ca.N.H2O.2H/h;;;1H2;;/q;+2;;;2*-1. The van der Waals surface area contributed by atoms with E-state index < -0.39 is 0 Å². The van der Waals surface area contributed by atoms with E-state index in [1.54, 1.807) is 0 Å². The van der Waals surface area contributed by atoms with Crippen LogP contribution in [0.3, 0.4) is 0 Å². The second-order valence-corrected chi connectivity index (χ2v) is 0. The van der Waals surface area contributed by atoms with Crippen LogP contribution in [0.15, 0.2) is 0 Å². The van der Waals surface area contributed by atoms with Crippen LogP contribution in [0.1, 0.15) is 2.85 Å². The third-order valence-electron chi connectivity index (χ3n) is 0. The van der Waals surface area contributed by atoms with Crippen LogP contribution in [0.2, 0.25) is 0 Å². The Kier molecular flexibility index (Phi) is 112. The predicted octanol–water partition coefficient (Wildman–Crippen LogP) is -1.35. The first-order chi connectivity index (χ1) is 1.00. The molecule has 0 aromatic carbocycles. The Hall–Kier alpha value is 1.46. The molecule has 0 heterocycles. The van der Waals surface area contributed by atoms with Gasteiger partial charge in [-0.05, 0) is 0 Å². The van der Waals surface area contributed by atoms with Crippen LogP contribution >= 0.6 is 0 Å². The van der Waals surface area contributed by atoms with Gasteiger partial charge in [0.1, 0.15) is 0 Å². The van der Waals surface area contributed by atoms with Gasteiger partial charge >= 0.3 is 57.8 Å². The summed E-state index contributed by atoms with van der Waals surface area (Å²) in [5.74, 6) is 0. The molecule has 0 saturated carbocycles. The molecule has 4 heteroatoms. The van der Waals surface area contributed by atoms with E-state index in [-0.39, 0.29) is 46.1 Å². The van der Waals surface area contributed by atoms with Crippen LogP contribution in [-0.4, -0.2) is 59.1 Å². The van der Waals surface area contributed by atoms with Crippen LogP contribution < -0.4 is 0 Å². The molecule has 0 aromatic heterocycles. The summed E-state index contributed by atoms with van der Waals surface area (Å²) in [5, 5.41) is 0.